The van der Waals surface area contributed by atoms with Crippen LogP contribution in [-0.4, -0.2) is 35.4 Å². The van der Waals surface area contributed by atoms with Crippen molar-refractivity contribution in [3.8, 4) is 0 Å². The van der Waals surface area contributed by atoms with Gasteiger partial charge in [0.2, 0.25) is 5.91 Å². The first-order chi connectivity index (χ1) is 13.5. The van der Waals surface area contributed by atoms with Gasteiger partial charge >= 0.3 is 0 Å². The van der Waals surface area contributed by atoms with Crippen molar-refractivity contribution in [2.45, 2.75) is 103 Å². The summed E-state index contributed by atoms with van der Waals surface area (Å²) in [6, 6.07) is 1.56. The summed E-state index contributed by atoms with van der Waals surface area (Å²) >= 11 is 0. The minimum Gasteiger partial charge on any atom is -0.369 e. The van der Waals surface area contributed by atoms with Crippen molar-refractivity contribution < 1.29 is 14.1 Å². The van der Waals surface area contributed by atoms with Crippen LogP contribution in [0.1, 0.15) is 84.1 Å². The van der Waals surface area contributed by atoms with Gasteiger partial charge in [-0.15, -0.1) is 0 Å². The van der Waals surface area contributed by atoms with Gasteiger partial charge in [-0.05, 0) is 37.3 Å². The van der Waals surface area contributed by atoms with Crippen molar-refractivity contribution in [3.05, 3.63) is 23.6 Å². The lowest BCUT2D eigenvalue weighted by Crippen LogP contribution is -2.56. The lowest BCUT2D eigenvalue weighted by Gasteiger charge is -2.36. The maximum Gasteiger partial charge on any atom is 0.217 e. The predicted molar refractivity (Wildman–Crippen MR) is 112 cm³/mol. The van der Waals surface area contributed by atoms with Crippen LogP contribution >= 0.6 is 0 Å². The molecule has 1 aliphatic rings. The Morgan fingerprint density at radius 1 is 1.32 bits per heavy atom. The van der Waals surface area contributed by atoms with Gasteiger partial charge in [0, 0.05) is 25.5 Å². The zero-order valence-electron chi connectivity index (χ0n) is 17.9. The molecule has 1 amide bonds. The van der Waals surface area contributed by atoms with Crippen LogP contribution < -0.4 is 11.1 Å². The second-order valence-corrected chi connectivity index (χ2v) is 7.81. The third-order valence-corrected chi connectivity index (χ3v) is 5.43. The minimum absolute atomic E-state index is 0.0914. The van der Waals surface area contributed by atoms with E-state index in [9.17, 15) is 4.79 Å². The summed E-state index contributed by atoms with van der Waals surface area (Å²) < 4.78 is 11.8. The number of ether oxygens (including phenoxy) is 1. The molecule has 28 heavy (non-hydrogen) atoms. The molecular weight excluding hydrogens is 354 g/mol. The second-order valence-electron chi connectivity index (χ2n) is 7.81. The van der Waals surface area contributed by atoms with Crippen molar-refractivity contribution in [3.63, 3.8) is 0 Å². The van der Waals surface area contributed by atoms with Gasteiger partial charge in [0.1, 0.15) is 11.5 Å². The zero-order chi connectivity index (χ0) is 20.5. The Morgan fingerprint density at radius 3 is 2.71 bits per heavy atom. The number of carbonyl (C=O) groups is 1. The summed E-state index contributed by atoms with van der Waals surface area (Å²) in [4.78, 5) is 11.7. The van der Waals surface area contributed by atoms with Gasteiger partial charge in [-0.2, -0.15) is 0 Å². The van der Waals surface area contributed by atoms with E-state index in [-0.39, 0.29) is 30.2 Å². The topological polar surface area (TPSA) is 90.4 Å². The molecule has 6 heteroatoms. The van der Waals surface area contributed by atoms with Crippen LogP contribution in [0.5, 0.6) is 0 Å². The molecule has 6 nitrogen and oxygen atoms in total. The van der Waals surface area contributed by atoms with E-state index in [0.717, 1.165) is 42.7 Å². The molecule has 0 fully saturated rings. The minimum atomic E-state index is -0.266. The maximum atomic E-state index is 11.7. The van der Waals surface area contributed by atoms with E-state index in [4.69, 9.17) is 15.0 Å². The molecule has 0 saturated heterocycles. The summed E-state index contributed by atoms with van der Waals surface area (Å²) in [6.45, 7) is 7.94. The number of amides is 1. The molecule has 0 spiro atoms. The van der Waals surface area contributed by atoms with Gasteiger partial charge in [-0.1, -0.05) is 45.2 Å². The van der Waals surface area contributed by atoms with Gasteiger partial charge < -0.3 is 20.3 Å². The fourth-order valence-corrected chi connectivity index (χ4v) is 3.74. The molecule has 0 aliphatic heterocycles. The highest BCUT2D eigenvalue weighted by Gasteiger charge is 2.34. The molecule has 1 aromatic rings. The van der Waals surface area contributed by atoms with E-state index >= 15 is 0 Å². The molecule has 1 heterocycles. The van der Waals surface area contributed by atoms with Crippen LogP contribution in [0.2, 0.25) is 0 Å². The Hall–Kier alpha value is -1.66. The molecule has 0 saturated carbocycles. The van der Waals surface area contributed by atoms with E-state index < -0.39 is 0 Å². The SMILES string of the molecule is CCCCCCc1cc(C2=C[C@@H](OC(CC)CC)[C@H](NC(C)=O)[C@@H](N)C2)no1. The number of aromatic nitrogens is 1. The molecule has 0 unspecified atom stereocenters. The number of hydrogen-bond donors (Lipinski definition) is 2. The maximum absolute atomic E-state index is 11.7. The number of rotatable bonds is 11. The standard InChI is InChI=1S/C22H37N3O3/c1-5-8-9-10-11-18-14-20(25-28-18)16-12-19(23)22(24-15(4)26)21(13-16)27-17(6-2)7-3/h13-14,17,19,21-22H,5-12,23H2,1-4H3,(H,24,26)/t19-,21+,22+/m0/s1. The van der Waals surface area contributed by atoms with Gasteiger partial charge in [-0.25, -0.2) is 0 Å². The molecule has 0 bridgehead atoms. The molecule has 3 atom stereocenters. The Morgan fingerprint density at radius 2 is 2.07 bits per heavy atom. The van der Waals surface area contributed by atoms with E-state index in [0.29, 0.717) is 6.42 Å². The zero-order valence-corrected chi connectivity index (χ0v) is 17.9. The summed E-state index contributed by atoms with van der Waals surface area (Å²) in [6.07, 6.45) is 10.1. The van der Waals surface area contributed by atoms with E-state index in [1.165, 1.54) is 26.2 Å². The molecule has 158 valence electrons. The second kappa shape index (κ2) is 11.4. The first-order valence-corrected chi connectivity index (χ1v) is 10.8. The molecule has 1 aromatic heterocycles. The van der Waals surface area contributed by atoms with Crippen molar-refractivity contribution in [1.29, 1.82) is 0 Å². The monoisotopic (exact) mass is 391 g/mol. The Balaban J connectivity index is 2.15. The number of nitrogens with one attached hydrogen (secondary N) is 1. The summed E-state index contributed by atoms with van der Waals surface area (Å²) in [7, 11) is 0. The average molecular weight is 392 g/mol. The number of nitrogens with two attached hydrogens (primary N) is 1. The number of aryl methyl sites for hydroxylation is 1. The number of hydrogen-bond acceptors (Lipinski definition) is 5. The van der Waals surface area contributed by atoms with Crippen LogP contribution in [-0.2, 0) is 16.0 Å². The third kappa shape index (κ3) is 6.45. The largest absolute Gasteiger partial charge is 0.369 e. The Labute approximate surface area is 169 Å². The normalized spacial score (nSPS) is 22.4. The number of carbonyl (C=O) groups excluding carboxylic acids is 1. The van der Waals surface area contributed by atoms with Crippen molar-refractivity contribution in [2.75, 3.05) is 0 Å². The summed E-state index contributed by atoms with van der Waals surface area (Å²) in [5.41, 5.74) is 8.30. The quantitative estimate of drug-likeness (QED) is 0.557. The van der Waals surface area contributed by atoms with E-state index in [1.807, 2.05) is 6.07 Å². The van der Waals surface area contributed by atoms with Gasteiger partial charge in [0.25, 0.3) is 0 Å². The fourth-order valence-electron chi connectivity index (χ4n) is 3.74. The van der Waals surface area contributed by atoms with Gasteiger partial charge in [0.15, 0.2) is 0 Å². The molecule has 3 N–H and O–H groups in total. The van der Waals surface area contributed by atoms with E-state index in [1.54, 1.807) is 0 Å². The fraction of sp³-hybridized carbons (Fsp3) is 0.727. The average Bonchev–Trinajstić information content (AvgIpc) is 3.14. The summed E-state index contributed by atoms with van der Waals surface area (Å²) in [5, 5.41) is 7.25. The lowest BCUT2D eigenvalue weighted by atomic mass is 9.86. The molecule has 0 aromatic carbocycles. The molecule has 1 aliphatic carbocycles. The van der Waals surface area contributed by atoms with Crippen LogP contribution in [0, 0.1) is 0 Å². The van der Waals surface area contributed by atoms with Gasteiger partial charge in [0.05, 0.1) is 18.2 Å². The first kappa shape index (κ1) is 22.6. The van der Waals surface area contributed by atoms with E-state index in [2.05, 4.69) is 37.3 Å². The predicted octanol–water partition coefficient (Wildman–Crippen LogP) is 3.99. The highest BCUT2D eigenvalue weighted by molar-refractivity contribution is 5.74. The Bertz CT molecular complexity index is 637. The molecule has 0 radical (unpaired) electrons. The van der Waals surface area contributed by atoms with Crippen molar-refractivity contribution >= 4 is 11.5 Å². The molecule has 2 rings (SSSR count). The lowest BCUT2D eigenvalue weighted by molar-refractivity contribution is -0.121. The van der Waals surface area contributed by atoms with Crippen LogP contribution in [0.25, 0.3) is 5.57 Å². The van der Waals surface area contributed by atoms with Gasteiger partial charge in [-0.3, -0.25) is 4.79 Å². The van der Waals surface area contributed by atoms with Crippen LogP contribution in [0.4, 0.5) is 0 Å². The van der Waals surface area contributed by atoms with Crippen LogP contribution in [0.15, 0.2) is 16.7 Å². The number of unbranched alkanes of at least 4 members (excludes halogenated alkanes) is 3. The van der Waals surface area contributed by atoms with Crippen molar-refractivity contribution in [2.24, 2.45) is 5.73 Å². The third-order valence-electron chi connectivity index (χ3n) is 5.43. The number of nitrogens with zero attached hydrogens (tertiary/aromatic N) is 1. The van der Waals surface area contributed by atoms with Crippen molar-refractivity contribution in [1.82, 2.24) is 10.5 Å². The summed E-state index contributed by atoms with van der Waals surface area (Å²) in [5.74, 6) is 0.827. The van der Waals surface area contributed by atoms with Crippen LogP contribution in [0.3, 0.4) is 0 Å². The Kier molecular flexibility index (Phi) is 9.19. The molecular formula is C22H37N3O3. The first-order valence-electron chi connectivity index (χ1n) is 10.8. The smallest absolute Gasteiger partial charge is 0.217 e. The highest BCUT2D eigenvalue weighted by Crippen LogP contribution is 2.29. The highest BCUT2D eigenvalue weighted by atomic mass is 16.5.